The van der Waals surface area contributed by atoms with Crippen molar-refractivity contribution in [3.05, 3.63) is 40.3 Å². The molecule has 1 aromatic carbocycles. The van der Waals surface area contributed by atoms with Crippen LogP contribution in [0.1, 0.15) is 15.4 Å². The zero-order valence-corrected chi connectivity index (χ0v) is 10.4. The first-order valence-electron chi connectivity index (χ1n) is 5.13. The maximum atomic E-state index is 11.1. The van der Waals surface area contributed by atoms with Crippen LogP contribution in [-0.4, -0.2) is 23.2 Å². The molecule has 2 aromatic rings. The Bertz CT molecular complexity index is 539. The molecular weight excluding hydrogens is 254 g/mol. The van der Waals surface area contributed by atoms with E-state index in [9.17, 15) is 4.79 Å². The van der Waals surface area contributed by atoms with E-state index in [2.05, 4.69) is 4.98 Å². The molecule has 0 aliphatic rings. The van der Waals surface area contributed by atoms with Crippen molar-refractivity contribution in [2.45, 2.75) is 6.61 Å². The number of aromatic nitrogens is 1. The molecule has 2 rings (SSSR count). The first-order chi connectivity index (χ1) is 8.70. The van der Waals surface area contributed by atoms with Gasteiger partial charge < -0.3 is 14.6 Å². The van der Waals surface area contributed by atoms with Gasteiger partial charge in [0.25, 0.3) is 0 Å². The number of carbonyl (C=O) groups is 1. The third kappa shape index (κ3) is 2.78. The van der Waals surface area contributed by atoms with E-state index in [1.807, 2.05) is 5.38 Å². The van der Waals surface area contributed by atoms with Gasteiger partial charge in [-0.15, -0.1) is 11.3 Å². The summed E-state index contributed by atoms with van der Waals surface area (Å²) in [5.41, 5.74) is 0.0749. The molecule has 0 saturated heterocycles. The number of methoxy groups -OCH3 is 1. The number of ether oxygens (including phenoxy) is 2. The van der Waals surface area contributed by atoms with Crippen molar-refractivity contribution in [1.29, 1.82) is 0 Å². The van der Waals surface area contributed by atoms with Crippen LogP contribution in [0.5, 0.6) is 11.5 Å². The van der Waals surface area contributed by atoms with E-state index in [4.69, 9.17) is 14.6 Å². The number of hydrogen-bond acceptors (Lipinski definition) is 5. The molecule has 0 saturated carbocycles. The Hall–Kier alpha value is -2.08. The summed E-state index contributed by atoms with van der Waals surface area (Å²) in [4.78, 5) is 15.2. The van der Waals surface area contributed by atoms with Gasteiger partial charge in [-0.25, -0.2) is 9.78 Å². The minimum Gasteiger partial charge on any atom is -0.497 e. The van der Waals surface area contributed by atoms with E-state index in [0.717, 1.165) is 5.01 Å². The fourth-order valence-corrected chi connectivity index (χ4v) is 1.92. The molecule has 0 fully saturated rings. The maximum absolute atomic E-state index is 11.1. The van der Waals surface area contributed by atoms with Gasteiger partial charge in [0.05, 0.1) is 7.11 Å². The lowest BCUT2D eigenvalue weighted by Crippen LogP contribution is -2.03. The van der Waals surface area contributed by atoms with Crippen molar-refractivity contribution in [1.82, 2.24) is 4.98 Å². The Morgan fingerprint density at radius 3 is 2.94 bits per heavy atom. The van der Waals surface area contributed by atoms with Crippen LogP contribution in [-0.2, 0) is 6.61 Å². The zero-order chi connectivity index (χ0) is 13.0. The number of rotatable bonds is 5. The van der Waals surface area contributed by atoms with Crippen LogP contribution in [0.2, 0.25) is 0 Å². The normalized spacial score (nSPS) is 10.1. The van der Waals surface area contributed by atoms with Gasteiger partial charge in [0.15, 0.2) is 0 Å². The summed E-state index contributed by atoms with van der Waals surface area (Å²) in [7, 11) is 1.48. The molecule has 0 atom stereocenters. The Balaban J connectivity index is 2.18. The first-order valence-corrected chi connectivity index (χ1v) is 6.01. The lowest BCUT2D eigenvalue weighted by atomic mass is 10.2. The highest BCUT2D eigenvalue weighted by Crippen LogP contribution is 2.25. The van der Waals surface area contributed by atoms with Gasteiger partial charge in [0.2, 0.25) is 0 Å². The highest BCUT2D eigenvalue weighted by molar-refractivity contribution is 7.09. The smallest absolute Gasteiger partial charge is 0.339 e. The summed E-state index contributed by atoms with van der Waals surface area (Å²) in [5.74, 6) is -0.268. The van der Waals surface area contributed by atoms with Gasteiger partial charge in [-0.2, -0.15) is 0 Å². The molecule has 0 bridgehead atoms. The zero-order valence-electron chi connectivity index (χ0n) is 9.62. The van der Waals surface area contributed by atoms with E-state index in [-0.39, 0.29) is 12.2 Å². The lowest BCUT2D eigenvalue weighted by Gasteiger charge is -2.09. The molecule has 0 spiro atoms. The molecule has 0 unspecified atom stereocenters. The Kier molecular flexibility index (Phi) is 3.78. The quantitative estimate of drug-likeness (QED) is 0.899. The van der Waals surface area contributed by atoms with Gasteiger partial charge >= 0.3 is 5.97 Å². The minimum atomic E-state index is -1.05. The summed E-state index contributed by atoms with van der Waals surface area (Å²) < 4.78 is 10.4. The van der Waals surface area contributed by atoms with Crippen molar-refractivity contribution < 1.29 is 19.4 Å². The highest BCUT2D eigenvalue weighted by Gasteiger charge is 2.13. The highest BCUT2D eigenvalue weighted by atomic mass is 32.1. The fraction of sp³-hybridized carbons (Fsp3) is 0.167. The Morgan fingerprint density at radius 1 is 1.50 bits per heavy atom. The molecule has 94 valence electrons. The number of aromatic carboxylic acids is 1. The summed E-state index contributed by atoms with van der Waals surface area (Å²) >= 11 is 1.46. The second kappa shape index (κ2) is 5.50. The van der Waals surface area contributed by atoms with Crippen LogP contribution < -0.4 is 9.47 Å². The molecular formula is C12H11NO4S. The second-order valence-electron chi connectivity index (χ2n) is 3.38. The van der Waals surface area contributed by atoms with Crippen LogP contribution in [0.25, 0.3) is 0 Å². The Labute approximate surface area is 108 Å². The van der Waals surface area contributed by atoms with E-state index in [0.29, 0.717) is 11.5 Å². The summed E-state index contributed by atoms with van der Waals surface area (Å²) in [5, 5.41) is 11.7. The molecule has 0 aliphatic carbocycles. The van der Waals surface area contributed by atoms with Crippen LogP contribution >= 0.6 is 11.3 Å². The van der Waals surface area contributed by atoms with Gasteiger partial charge in [-0.1, -0.05) is 0 Å². The summed E-state index contributed by atoms with van der Waals surface area (Å²) in [6.45, 7) is 0.254. The van der Waals surface area contributed by atoms with E-state index >= 15 is 0 Å². The molecule has 0 amide bonds. The van der Waals surface area contributed by atoms with Crippen LogP contribution in [0.3, 0.4) is 0 Å². The number of carboxylic acids is 1. The molecule has 0 aliphatic heterocycles. The maximum Gasteiger partial charge on any atom is 0.339 e. The molecule has 18 heavy (non-hydrogen) atoms. The number of thiazole rings is 1. The predicted molar refractivity (Wildman–Crippen MR) is 66.4 cm³/mol. The Morgan fingerprint density at radius 2 is 2.33 bits per heavy atom. The molecule has 0 radical (unpaired) electrons. The summed E-state index contributed by atoms with van der Waals surface area (Å²) in [6.07, 6.45) is 1.68. The predicted octanol–water partition coefficient (Wildman–Crippen LogP) is 2.43. The van der Waals surface area contributed by atoms with Gasteiger partial charge in [-0.3, -0.25) is 0 Å². The molecule has 1 heterocycles. The standard InChI is InChI=1S/C12H11NO4S/c1-16-8-2-3-10(9(6-8)12(14)15)17-7-11-13-4-5-18-11/h2-6H,7H2,1H3,(H,14,15). The molecule has 1 aromatic heterocycles. The monoisotopic (exact) mass is 265 g/mol. The average Bonchev–Trinajstić information content (AvgIpc) is 2.89. The van der Waals surface area contributed by atoms with Crippen LogP contribution in [0.15, 0.2) is 29.8 Å². The number of nitrogens with zero attached hydrogens (tertiary/aromatic N) is 1. The van der Waals surface area contributed by atoms with E-state index in [1.54, 1.807) is 18.3 Å². The lowest BCUT2D eigenvalue weighted by molar-refractivity contribution is 0.0691. The van der Waals surface area contributed by atoms with Gasteiger partial charge in [-0.05, 0) is 18.2 Å². The second-order valence-corrected chi connectivity index (χ2v) is 4.36. The largest absolute Gasteiger partial charge is 0.497 e. The first kappa shape index (κ1) is 12.4. The third-order valence-corrected chi connectivity index (χ3v) is 3.00. The average molecular weight is 265 g/mol. The molecule has 5 nitrogen and oxygen atoms in total. The fourth-order valence-electron chi connectivity index (χ4n) is 1.39. The van der Waals surface area contributed by atoms with Crippen LogP contribution in [0, 0.1) is 0 Å². The van der Waals surface area contributed by atoms with E-state index in [1.165, 1.54) is 24.5 Å². The van der Waals surface area contributed by atoms with Crippen molar-refractivity contribution in [3.63, 3.8) is 0 Å². The third-order valence-electron chi connectivity index (χ3n) is 2.25. The number of carboxylic acid groups (broad SMARTS) is 1. The van der Waals surface area contributed by atoms with Gasteiger partial charge in [0.1, 0.15) is 28.7 Å². The van der Waals surface area contributed by atoms with Crippen LogP contribution in [0.4, 0.5) is 0 Å². The number of hydrogen-bond donors (Lipinski definition) is 1. The molecule has 6 heteroatoms. The topological polar surface area (TPSA) is 68.7 Å². The van der Waals surface area contributed by atoms with Crippen molar-refractivity contribution >= 4 is 17.3 Å². The van der Waals surface area contributed by atoms with E-state index < -0.39 is 5.97 Å². The SMILES string of the molecule is COc1ccc(OCc2nccs2)c(C(=O)O)c1. The molecule has 1 N–H and O–H groups in total. The summed E-state index contributed by atoms with van der Waals surface area (Å²) in [6, 6.07) is 4.67. The van der Waals surface area contributed by atoms with Gasteiger partial charge in [0, 0.05) is 11.6 Å². The number of benzene rings is 1. The van der Waals surface area contributed by atoms with Crippen molar-refractivity contribution in [2.24, 2.45) is 0 Å². The minimum absolute atomic E-state index is 0.0749. The van der Waals surface area contributed by atoms with Crippen molar-refractivity contribution in [3.8, 4) is 11.5 Å². The van der Waals surface area contributed by atoms with Crippen molar-refractivity contribution in [2.75, 3.05) is 7.11 Å².